The van der Waals surface area contributed by atoms with Crippen LogP contribution in [0.3, 0.4) is 0 Å². The van der Waals surface area contributed by atoms with Crippen LogP contribution in [0.5, 0.6) is 5.75 Å². The maximum Gasteiger partial charge on any atom is 0.269 e. The number of ether oxygens (including phenoxy) is 1. The van der Waals surface area contributed by atoms with E-state index in [0.29, 0.717) is 23.9 Å². The van der Waals surface area contributed by atoms with Crippen LogP contribution < -0.4 is 10.1 Å². The number of aryl methyl sites for hydroxylation is 1. The van der Waals surface area contributed by atoms with E-state index >= 15 is 0 Å². The summed E-state index contributed by atoms with van der Waals surface area (Å²) in [6, 6.07) is 11.7. The lowest BCUT2D eigenvalue weighted by Crippen LogP contribution is -2.12. The number of non-ortho nitro benzene ring substituents is 1. The molecule has 0 heterocycles. The zero-order chi connectivity index (χ0) is 15.2. The molecule has 110 valence electrons. The average Bonchev–Trinajstić information content (AvgIpc) is 2.46. The molecule has 2 rings (SSSR count). The third-order valence-electron chi connectivity index (χ3n) is 2.94. The van der Waals surface area contributed by atoms with Gasteiger partial charge in [-0.2, -0.15) is 0 Å². The number of halogens is 1. The first-order chi connectivity index (χ1) is 10.1. The van der Waals surface area contributed by atoms with Crippen LogP contribution in [0, 0.1) is 17.0 Å². The van der Waals surface area contributed by atoms with Crippen molar-refractivity contribution in [3.63, 3.8) is 0 Å². The summed E-state index contributed by atoms with van der Waals surface area (Å²) in [5.41, 5.74) is 2.01. The zero-order valence-electron chi connectivity index (χ0n) is 11.5. The van der Waals surface area contributed by atoms with Crippen LogP contribution in [0.1, 0.15) is 5.56 Å². The first-order valence-corrected chi connectivity index (χ1v) is 6.82. The number of nitrogens with zero attached hydrogens (tertiary/aromatic N) is 1. The van der Waals surface area contributed by atoms with Crippen LogP contribution in [-0.2, 0) is 0 Å². The second-order valence-electron chi connectivity index (χ2n) is 4.46. The molecule has 0 unspecified atom stereocenters. The van der Waals surface area contributed by atoms with Crippen LogP contribution >= 0.6 is 11.6 Å². The molecule has 0 aliphatic heterocycles. The molecule has 0 radical (unpaired) electrons. The van der Waals surface area contributed by atoms with Crippen molar-refractivity contribution in [3.8, 4) is 5.75 Å². The Labute approximate surface area is 127 Å². The number of nitrogens with one attached hydrogen (secondary N) is 1. The Bertz CT molecular complexity index is 609. The third-order valence-corrected chi connectivity index (χ3v) is 3.26. The first kappa shape index (κ1) is 15.1. The molecule has 0 aliphatic carbocycles. The molecule has 0 aromatic heterocycles. The van der Waals surface area contributed by atoms with Crippen molar-refractivity contribution >= 4 is 23.0 Å². The zero-order valence-corrected chi connectivity index (χ0v) is 12.3. The minimum absolute atomic E-state index is 0.0483. The lowest BCUT2D eigenvalue weighted by atomic mass is 10.2. The van der Waals surface area contributed by atoms with Crippen molar-refractivity contribution in [1.29, 1.82) is 0 Å². The van der Waals surface area contributed by atoms with Gasteiger partial charge in [-0.3, -0.25) is 10.1 Å². The lowest BCUT2D eigenvalue weighted by Gasteiger charge is -2.12. The van der Waals surface area contributed by atoms with Gasteiger partial charge in [0.15, 0.2) is 0 Å². The molecule has 21 heavy (non-hydrogen) atoms. The van der Waals surface area contributed by atoms with E-state index in [0.717, 1.165) is 11.3 Å². The number of hydrogen-bond acceptors (Lipinski definition) is 4. The topological polar surface area (TPSA) is 64.4 Å². The Balaban J connectivity index is 1.83. The predicted molar refractivity (Wildman–Crippen MR) is 83.3 cm³/mol. The van der Waals surface area contributed by atoms with Gasteiger partial charge < -0.3 is 10.1 Å². The second kappa shape index (κ2) is 6.95. The molecule has 0 bridgehead atoms. The summed E-state index contributed by atoms with van der Waals surface area (Å²) in [5, 5.41) is 14.4. The van der Waals surface area contributed by atoms with Crippen molar-refractivity contribution in [2.24, 2.45) is 0 Å². The SMILES string of the molecule is Cc1cccc(Cl)c1NCCOc1ccc([N+](=O)[O-])cc1. The van der Waals surface area contributed by atoms with Gasteiger partial charge in [0, 0.05) is 18.7 Å². The Hall–Kier alpha value is -2.27. The Morgan fingerprint density at radius 3 is 2.57 bits per heavy atom. The molecule has 6 heteroatoms. The van der Waals surface area contributed by atoms with Gasteiger partial charge in [0.25, 0.3) is 5.69 Å². The summed E-state index contributed by atoms with van der Waals surface area (Å²) in [4.78, 5) is 10.1. The van der Waals surface area contributed by atoms with Gasteiger partial charge in [-0.1, -0.05) is 23.7 Å². The molecule has 1 N–H and O–H groups in total. The average molecular weight is 307 g/mol. The van der Waals surface area contributed by atoms with E-state index in [1.807, 2.05) is 25.1 Å². The van der Waals surface area contributed by atoms with Crippen molar-refractivity contribution < 1.29 is 9.66 Å². The number of anilines is 1. The fourth-order valence-electron chi connectivity index (χ4n) is 1.86. The highest BCUT2D eigenvalue weighted by Crippen LogP contribution is 2.25. The molecular weight excluding hydrogens is 292 g/mol. The van der Waals surface area contributed by atoms with E-state index in [1.165, 1.54) is 12.1 Å². The highest BCUT2D eigenvalue weighted by Gasteiger charge is 2.05. The molecule has 5 nitrogen and oxygen atoms in total. The molecule has 0 atom stereocenters. The number of para-hydroxylation sites is 1. The van der Waals surface area contributed by atoms with Crippen molar-refractivity contribution in [2.45, 2.75) is 6.92 Å². The third kappa shape index (κ3) is 4.10. The highest BCUT2D eigenvalue weighted by molar-refractivity contribution is 6.33. The maximum atomic E-state index is 10.5. The fourth-order valence-corrected chi connectivity index (χ4v) is 2.15. The summed E-state index contributed by atoms with van der Waals surface area (Å²) in [6.07, 6.45) is 0. The minimum atomic E-state index is -0.439. The first-order valence-electron chi connectivity index (χ1n) is 6.44. The second-order valence-corrected chi connectivity index (χ2v) is 4.87. The van der Waals surface area contributed by atoms with Gasteiger partial charge in [-0.25, -0.2) is 0 Å². The summed E-state index contributed by atoms with van der Waals surface area (Å²) in [6.45, 7) is 3.00. The molecule has 0 saturated carbocycles. The van der Waals surface area contributed by atoms with Crippen LogP contribution in [0.25, 0.3) is 0 Å². The Kier molecular flexibility index (Phi) is 5.00. The van der Waals surface area contributed by atoms with E-state index in [-0.39, 0.29) is 5.69 Å². The number of benzene rings is 2. The van der Waals surface area contributed by atoms with E-state index < -0.39 is 4.92 Å². The van der Waals surface area contributed by atoms with E-state index in [1.54, 1.807) is 12.1 Å². The summed E-state index contributed by atoms with van der Waals surface area (Å²) >= 11 is 6.11. The predicted octanol–water partition coefficient (Wildman–Crippen LogP) is 4.05. The number of nitro benzene ring substituents is 1. The Morgan fingerprint density at radius 2 is 1.95 bits per heavy atom. The van der Waals surface area contributed by atoms with E-state index in [4.69, 9.17) is 16.3 Å². The van der Waals surface area contributed by atoms with Crippen molar-refractivity contribution in [3.05, 3.63) is 63.2 Å². The van der Waals surface area contributed by atoms with Gasteiger partial charge in [0.05, 0.1) is 15.6 Å². The monoisotopic (exact) mass is 306 g/mol. The van der Waals surface area contributed by atoms with Gasteiger partial charge in [0.2, 0.25) is 0 Å². The smallest absolute Gasteiger partial charge is 0.269 e. The Morgan fingerprint density at radius 1 is 1.24 bits per heavy atom. The highest BCUT2D eigenvalue weighted by atomic mass is 35.5. The fraction of sp³-hybridized carbons (Fsp3) is 0.200. The normalized spacial score (nSPS) is 10.2. The summed E-state index contributed by atoms with van der Waals surface area (Å²) in [7, 11) is 0. The van der Waals surface area contributed by atoms with Gasteiger partial charge in [-0.15, -0.1) is 0 Å². The van der Waals surface area contributed by atoms with Gasteiger partial charge in [0.1, 0.15) is 12.4 Å². The molecular formula is C15H15ClN2O3. The number of hydrogen-bond donors (Lipinski definition) is 1. The lowest BCUT2D eigenvalue weighted by molar-refractivity contribution is -0.384. The largest absolute Gasteiger partial charge is 0.492 e. The number of nitro groups is 1. The minimum Gasteiger partial charge on any atom is -0.492 e. The molecule has 0 aliphatic rings. The summed E-state index contributed by atoms with van der Waals surface area (Å²) in [5.74, 6) is 0.596. The molecule has 2 aromatic rings. The number of rotatable bonds is 6. The van der Waals surface area contributed by atoms with E-state index in [2.05, 4.69) is 5.32 Å². The summed E-state index contributed by atoms with van der Waals surface area (Å²) < 4.78 is 5.51. The molecule has 0 fully saturated rings. The van der Waals surface area contributed by atoms with Crippen LogP contribution in [0.2, 0.25) is 5.02 Å². The van der Waals surface area contributed by atoms with Crippen molar-refractivity contribution in [2.75, 3.05) is 18.5 Å². The van der Waals surface area contributed by atoms with Gasteiger partial charge >= 0.3 is 0 Å². The molecule has 2 aromatic carbocycles. The quantitative estimate of drug-likeness (QED) is 0.497. The van der Waals surface area contributed by atoms with E-state index in [9.17, 15) is 10.1 Å². The van der Waals surface area contributed by atoms with Gasteiger partial charge in [-0.05, 0) is 30.7 Å². The van der Waals surface area contributed by atoms with Crippen LogP contribution in [0.15, 0.2) is 42.5 Å². The van der Waals surface area contributed by atoms with Crippen LogP contribution in [-0.4, -0.2) is 18.1 Å². The molecule has 0 spiro atoms. The molecule has 0 saturated heterocycles. The van der Waals surface area contributed by atoms with Crippen LogP contribution in [0.4, 0.5) is 11.4 Å². The maximum absolute atomic E-state index is 10.5. The molecule has 0 amide bonds. The standard InChI is InChI=1S/C15H15ClN2O3/c1-11-3-2-4-14(16)15(11)17-9-10-21-13-7-5-12(6-8-13)18(19)20/h2-8,17H,9-10H2,1H3. The van der Waals surface area contributed by atoms with Crippen molar-refractivity contribution in [1.82, 2.24) is 0 Å².